The van der Waals surface area contributed by atoms with Gasteiger partial charge in [-0.25, -0.2) is 19.0 Å². The molecule has 0 saturated heterocycles. The molecule has 0 aliphatic rings. The smallest absolute Gasteiger partial charge is 0.276 e. The second kappa shape index (κ2) is 7.73. The van der Waals surface area contributed by atoms with Crippen LogP contribution in [0, 0.1) is 12.7 Å². The lowest BCUT2D eigenvalue weighted by atomic mass is 10.1. The van der Waals surface area contributed by atoms with Gasteiger partial charge in [-0.05, 0) is 55.5 Å². The number of carbonyl (C=O) groups excluding carboxylic acids is 1. The monoisotopic (exact) mass is 429 g/mol. The third-order valence-electron chi connectivity index (χ3n) is 4.74. The quantitative estimate of drug-likeness (QED) is 0.424. The van der Waals surface area contributed by atoms with Crippen LogP contribution in [0.4, 0.5) is 10.1 Å². The van der Waals surface area contributed by atoms with Crippen LogP contribution in [-0.2, 0) is 0 Å². The predicted octanol–water partition coefficient (Wildman–Crippen LogP) is 5.24. The van der Waals surface area contributed by atoms with Gasteiger partial charge in [0.2, 0.25) is 0 Å². The molecule has 5 aromatic rings. The van der Waals surface area contributed by atoms with Gasteiger partial charge < -0.3 is 5.32 Å². The van der Waals surface area contributed by atoms with E-state index in [0.29, 0.717) is 11.5 Å². The maximum absolute atomic E-state index is 13.5. The molecular formula is C23H16FN5OS. The molecule has 6 nitrogen and oxygen atoms in total. The molecule has 0 radical (unpaired) electrons. The Hall–Kier alpha value is -3.91. The second-order valence-electron chi connectivity index (χ2n) is 6.96. The summed E-state index contributed by atoms with van der Waals surface area (Å²) in [7, 11) is 0. The third-order valence-corrected chi connectivity index (χ3v) is 5.53. The first kappa shape index (κ1) is 19.1. The van der Waals surface area contributed by atoms with Crippen molar-refractivity contribution in [1.82, 2.24) is 19.7 Å². The van der Waals surface area contributed by atoms with E-state index in [2.05, 4.69) is 20.4 Å². The summed E-state index contributed by atoms with van der Waals surface area (Å²) in [5, 5.41) is 7.22. The zero-order valence-electron chi connectivity index (χ0n) is 16.4. The minimum atomic E-state index is -0.433. The fraction of sp³-hybridized carbons (Fsp3) is 0.0435. The molecule has 1 amide bonds. The maximum atomic E-state index is 13.5. The zero-order chi connectivity index (χ0) is 21.4. The molecule has 2 aromatic carbocycles. The lowest BCUT2D eigenvalue weighted by Gasteiger charge is -2.07. The average Bonchev–Trinajstić information content (AvgIpc) is 3.40. The molecule has 1 N–H and O–H groups in total. The number of benzene rings is 2. The second-order valence-corrected chi connectivity index (χ2v) is 7.85. The van der Waals surface area contributed by atoms with Gasteiger partial charge in [-0.15, -0.1) is 11.3 Å². The zero-order valence-corrected chi connectivity index (χ0v) is 17.2. The van der Waals surface area contributed by atoms with Gasteiger partial charge in [0.1, 0.15) is 5.82 Å². The van der Waals surface area contributed by atoms with Crippen molar-refractivity contribution in [2.75, 3.05) is 5.32 Å². The van der Waals surface area contributed by atoms with E-state index in [0.717, 1.165) is 27.2 Å². The molecule has 0 aliphatic carbocycles. The molecule has 0 unspecified atom stereocenters. The Morgan fingerprint density at radius 3 is 2.77 bits per heavy atom. The summed E-state index contributed by atoms with van der Waals surface area (Å²) in [6.07, 6.45) is 0. The third kappa shape index (κ3) is 3.80. The largest absolute Gasteiger partial charge is 0.320 e. The first-order valence-corrected chi connectivity index (χ1v) is 10.4. The van der Waals surface area contributed by atoms with Gasteiger partial charge in [-0.2, -0.15) is 5.10 Å². The highest BCUT2D eigenvalue weighted by Gasteiger charge is 2.18. The molecule has 0 spiro atoms. The van der Waals surface area contributed by atoms with Crippen molar-refractivity contribution in [1.29, 1.82) is 0 Å². The Morgan fingerprint density at radius 1 is 1.06 bits per heavy atom. The maximum Gasteiger partial charge on any atom is 0.276 e. The summed E-state index contributed by atoms with van der Waals surface area (Å²) in [4.78, 5) is 21.7. The number of hydrogen-bond donors (Lipinski definition) is 1. The Kier molecular flexibility index (Phi) is 4.76. The van der Waals surface area contributed by atoms with Crippen LogP contribution in [0.1, 0.15) is 16.2 Å². The number of carbonyl (C=O) groups is 1. The van der Waals surface area contributed by atoms with E-state index in [9.17, 15) is 9.18 Å². The first-order valence-electron chi connectivity index (χ1n) is 9.51. The summed E-state index contributed by atoms with van der Waals surface area (Å²) in [6, 6.07) is 19.0. The van der Waals surface area contributed by atoms with E-state index < -0.39 is 11.7 Å². The molecule has 31 heavy (non-hydrogen) atoms. The Labute approximate surface area is 181 Å². The predicted molar refractivity (Wildman–Crippen MR) is 119 cm³/mol. The molecular weight excluding hydrogens is 413 g/mol. The van der Waals surface area contributed by atoms with E-state index in [1.54, 1.807) is 33.7 Å². The molecule has 8 heteroatoms. The highest BCUT2D eigenvalue weighted by atomic mass is 32.1. The highest BCUT2D eigenvalue weighted by Crippen LogP contribution is 2.28. The number of anilines is 1. The number of nitrogens with one attached hydrogen (secondary N) is 1. The molecule has 0 atom stereocenters. The number of aromatic nitrogens is 4. The van der Waals surface area contributed by atoms with E-state index >= 15 is 0 Å². The number of pyridine rings is 1. The standard InChI is InChI=1S/C23H16FN5OS/c1-14-4-2-7-22(26-14)29-20(15-8-9-18-21(10-15)31-13-25-18)12-19(28-29)23(30)27-17-6-3-5-16(24)11-17/h2-13H,1H3,(H,27,30). The van der Waals surface area contributed by atoms with Crippen LogP contribution in [0.15, 0.2) is 72.2 Å². The van der Waals surface area contributed by atoms with E-state index in [1.165, 1.54) is 18.2 Å². The van der Waals surface area contributed by atoms with Crippen LogP contribution in [0.2, 0.25) is 0 Å². The van der Waals surface area contributed by atoms with Crippen molar-refractivity contribution in [2.24, 2.45) is 0 Å². The van der Waals surface area contributed by atoms with E-state index in [1.807, 2.05) is 43.3 Å². The minimum Gasteiger partial charge on any atom is -0.320 e. The number of halogens is 1. The van der Waals surface area contributed by atoms with Crippen LogP contribution in [0.5, 0.6) is 0 Å². The Morgan fingerprint density at radius 2 is 1.94 bits per heavy atom. The van der Waals surface area contributed by atoms with Crippen LogP contribution >= 0.6 is 11.3 Å². The molecule has 3 aromatic heterocycles. The number of amides is 1. The molecule has 0 aliphatic heterocycles. The van der Waals surface area contributed by atoms with Gasteiger partial charge in [-0.3, -0.25) is 4.79 Å². The first-order chi connectivity index (χ1) is 15.1. The normalized spacial score (nSPS) is 11.0. The Balaban J connectivity index is 1.60. The number of hydrogen-bond acceptors (Lipinski definition) is 5. The fourth-order valence-electron chi connectivity index (χ4n) is 3.29. The molecule has 0 fully saturated rings. The van der Waals surface area contributed by atoms with Gasteiger partial charge in [0.25, 0.3) is 5.91 Å². The van der Waals surface area contributed by atoms with Gasteiger partial charge in [0, 0.05) is 16.9 Å². The van der Waals surface area contributed by atoms with Gasteiger partial charge in [0.05, 0.1) is 21.4 Å². The van der Waals surface area contributed by atoms with Gasteiger partial charge >= 0.3 is 0 Å². The van der Waals surface area contributed by atoms with Crippen molar-refractivity contribution in [3.05, 3.63) is 89.4 Å². The van der Waals surface area contributed by atoms with Gasteiger partial charge in [0.15, 0.2) is 11.5 Å². The molecule has 0 saturated carbocycles. The summed E-state index contributed by atoms with van der Waals surface area (Å²) in [5.74, 6) is -0.257. The van der Waals surface area contributed by atoms with Crippen LogP contribution in [0.3, 0.4) is 0 Å². The van der Waals surface area contributed by atoms with Crippen molar-refractivity contribution in [3.63, 3.8) is 0 Å². The number of nitrogens with zero attached hydrogens (tertiary/aromatic N) is 4. The lowest BCUT2D eigenvalue weighted by molar-refractivity contribution is 0.102. The number of thiazole rings is 1. The summed E-state index contributed by atoms with van der Waals surface area (Å²) in [5.41, 5.74) is 5.72. The Bertz CT molecular complexity index is 1420. The van der Waals surface area contributed by atoms with E-state index in [4.69, 9.17) is 0 Å². The molecule has 0 bridgehead atoms. The summed E-state index contributed by atoms with van der Waals surface area (Å²) >= 11 is 1.55. The fourth-order valence-corrected chi connectivity index (χ4v) is 4.01. The van der Waals surface area contributed by atoms with Crippen LogP contribution < -0.4 is 5.32 Å². The molecule has 152 valence electrons. The van der Waals surface area contributed by atoms with Crippen molar-refractivity contribution in [2.45, 2.75) is 6.92 Å². The van der Waals surface area contributed by atoms with E-state index in [-0.39, 0.29) is 5.69 Å². The van der Waals surface area contributed by atoms with Crippen LogP contribution in [-0.4, -0.2) is 25.7 Å². The number of fused-ring (bicyclic) bond motifs is 1. The van der Waals surface area contributed by atoms with Crippen molar-refractivity contribution in [3.8, 4) is 17.1 Å². The minimum absolute atomic E-state index is 0.201. The topological polar surface area (TPSA) is 72.7 Å². The summed E-state index contributed by atoms with van der Waals surface area (Å²) in [6.45, 7) is 1.90. The lowest BCUT2D eigenvalue weighted by Crippen LogP contribution is -2.13. The average molecular weight is 429 g/mol. The number of rotatable bonds is 4. The SMILES string of the molecule is Cc1cccc(-n2nc(C(=O)Nc3cccc(F)c3)cc2-c2ccc3ncsc3c2)n1. The highest BCUT2D eigenvalue weighted by molar-refractivity contribution is 7.16. The van der Waals surface area contributed by atoms with Gasteiger partial charge in [-0.1, -0.05) is 18.2 Å². The molecule has 3 heterocycles. The van der Waals surface area contributed by atoms with Crippen LogP contribution in [0.25, 0.3) is 27.3 Å². The molecule has 5 rings (SSSR count). The number of aryl methyl sites for hydroxylation is 1. The summed E-state index contributed by atoms with van der Waals surface area (Å²) < 4.78 is 16.2. The van der Waals surface area contributed by atoms with Crippen molar-refractivity contribution < 1.29 is 9.18 Å². The van der Waals surface area contributed by atoms with Crippen molar-refractivity contribution >= 4 is 33.1 Å².